The Morgan fingerprint density at radius 3 is 2.52 bits per heavy atom. The molecule has 2 rings (SSSR count). The second-order valence-electron chi connectivity index (χ2n) is 4.45. The minimum atomic E-state index is -0.175. The van der Waals surface area contributed by atoms with Gasteiger partial charge in [0.2, 0.25) is 0 Å². The predicted octanol–water partition coefficient (Wildman–Crippen LogP) is 6.09. The molecule has 4 heteroatoms. The molecule has 0 saturated heterocycles. The minimum Gasteiger partial charge on any atom is -0.496 e. The standard InChI is InChI=1S/C18H14Cl2O2.CH4/c1-22-18-9-5-3-7-13(18)6-2-4-8-17(21)15-11-10-14(19)12-16(15)20;/h2-12H,1H3;1H4/b6-2+,8-4+;. The van der Waals surface area contributed by atoms with Crippen molar-refractivity contribution in [2.45, 2.75) is 7.43 Å². The summed E-state index contributed by atoms with van der Waals surface area (Å²) in [6, 6.07) is 12.4. The van der Waals surface area contributed by atoms with Gasteiger partial charge in [0, 0.05) is 16.1 Å². The van der Waals surface area contributed by atoms with E-state index in [9.17, 15) is 4.79 Å². The average molecular weight is 349 g/mol. The summed E-state index contributed by atoms with van der Waals surface area (Å²) in [6.07, 6.45) is 6.77. The number of methoxy groups -OCH3 is 1. The molecule has 0 bridgehead atoms. The molecule has 0 aromatic heterocycles. The molecule has 0 fully saturated rings. The maximum Gasteiger partial charge on any atom is 0.187 e. The number of hydrogen-bond acceptors (Lipinski definition) is 2. The van der Waals surface area contributed by atoms with Crippen LogP contribution in [0.1, 0.15) is 23.3 Å². The number of carbonyl (C=O) groups excluding carboxylic acids is 1. The molecule has 0 aliphatic carbocycles. The van der Waals surface area contributed by atoms with Crippen molar-refractivity contribution in [2.75, 3.05) is 7.11 Å². The fourth-order valence-corrected chi connectivity index (χ4v) is 2.39. The summed E-state index contributed by atoms with van der Waals surface area (Å²) < 4.78 is 5.25. The van der Waals surface area contributed by atoms with Crippen LogP contribution in [0.25, 0.3) is 6.08 Å². The zero-order valence-corrected chi connectivity index (χ0v) is 13.4. The van der Waals surface area contributed by atoms with Crippen molar-refractivity contribution >= 4 is 35.1 Å². The molecule has 120 valence electrons. The van der Waals surface area contributed by atoms with E-state index < -0.39 is 0 Å². The number of hydrogen-bond donors (Lipinski definition) is 0. The largest absolute Gasteiger partial charge is 0.496 e. The minimum absolute atomic E-state index is 0. The van der Waals surface area contributed by atoms with Crippen molar-refractivity contribution in [3.63, 3.8) is 0 Å². The van der Waals surface area contributed by atoms with Crippen molar-refractivity contribution < 1.29 is 9.53 Å². The molecule has 0 atom stereocenters. The molecule has 0 amide bonds. The second kappa shape index (κ2) is 9.19. The van der Waals surface area contributed by atoms with Gasteiger partial charge >= 0.3 is 0 Å². The van der Waals surface area contributed by atoms with Crippen LogP contribution in [0.5, 0.6) is 5.75 Å². The van der Waals surface area contributed by atoms with Crippen LogP contribution >= 0.6 is 23.2 Å². The van der Waals surface area contributed by atoms with Gasteiger partial charge in [0.15, 0.2) is 5.78 Å². The zero-order chi connectivity index (χ0) is 15.9. The third-order valence-electron chi connectivity index (χ3n) is 2.97. The summed E-state index contributed by atoms with van der Waals surface area (Å²) in [6.45, 7) is 0. The van der Waals surface area contributed by atoms with Crippen LogP contribution in [-0.2, 0) is 0 Å². The first-order valence-electron chi connectivity index (χ1n) is 6.59. The lowest BCUT2D eigenvalue weighted by molar-refractivity contribution is 0.104. The summed E-state index contributed by atoms with van der Waals surface area (Å²) in [5.74, 6) is 0.602. The van der Waals surface area contributed by atoms with Gasteiger partial charge in [-0.2, -0.15) is 0 Å². The van der Waals surface area contributed by atoms with Crippen LogP contribution in [0, 0.1) is 0 Å². The van der Waals surface area contributed by atoms with E-state index in [-0.39, 0.29) is 13.2 Å². The Bertz CT molecular complexity index is 734. The lowest BCUT2D eigenvalue weighted by Crippen LogP contribution is -1.94. The molecule has 0 radical (unpaired) electrons. The number of benzene rings is 2. The van der Waals surface area contributed by atoms with Crippen LogP contribution in [0.2, 0.25) is 10.0 Å². The molecule has 2 nitrogen and oxygen atoms in total. The number of para-hydroxylation sites is 1. The topological polar surface area (TPSA) is 26.3 Å². The molecule has 2 aromatic carbocycles. The van der Waals surface area contributed by atoms with Gasteiger partial charge in [0.05, 0.1) is 12.1 Å². The summed E-state index contributed by atoms with van der Waals surface area (Å²) in [5, 5.41) is 0.845. The highest BCUT2D eigenvalue weighted by Crippen LogP contribution is 2.22. The second-order valence-corrected chi connectivity index (χ2v) is 5.29. The highest BCUT2D eigenvalue weighted by molar-refractivity contribution is 6.37. The summed E-state index contributed by atoms with van der Waals surface area (Å²) in [4.78, 5) is 12.0. The van der Waals surface area contributed by atoms with Crippen LogP contribution in [0.3, 0.4) is 0 Å². The molecule has 0 N–H and O–H groups in total. The normalized spacial score (nSPS) is 10.7. The van der Waals surface area contributed by atoms with Gasteiger partial charge in [-0.3, -0.25) is 4.79 Å². The van der Waals surface area contributed by atoms with E-state index >= 15 is 0 Å². The fourth-order valence-electron chi connectivity index (χ4n) is 1.89. The number of ketones is 1. The maximum absolute atomic E-state index is 12.0. The first-order chi connectivity index (χ1) is 10.6. The summed E-state index contributed by atoms with van der Waals surface area (Å²) in [5.41, 5.74) is 1.36. The lowest BCUT2D eigenvalue weighted by Gasteiger charge is -2.02. The number of rotatable bonds is 5. The van der Waals surface area contributed by atoms with Gasteiger partial charge < -0.3 is 4.74 Å². The Balaban J connectivity index is 0.00000264. The van der Waals surface area contributed by atoms with Crippen molar-refractivity contribution in [3.8, 4) is 5.75 Å². The number of ether oxygens (including phenoxy) is 1. The first-order valence-corrected chi connectivity index (χ1v) is 7.34. The Kier molecular flexibility index (Phi) is 7.60. The Morgan fingerprint density at radius 1 is 1.09 bits per heavy atom. The average Bonchev–Trinajstić information content (AvgIpc) is 2.51. The van der Waals surface area contributed by atoms with Crippen LogP contribution < -0.4 is 4.74 Å². The molecule has 23 heavy (non-hydrogen) atoms. The lowest BCUT2D eigenvalue weighted by atomic mass is 10.1. The quantitative estimate of drug-likeness (QED) is 0.371. The molecule has 0 aliphatic heterocycles. The Morgan fingerprint density at radius 2 is 1.83 bits per heavy atom. The first kappa shape index (κ1) is 19.0. The number of halogens is 2. The molecule has 0 spiro atoms. The highest BCUT2D eigenvalue weighted by atomic mass is 35.5. The smallest absolute Gasteiger partial charge is 0.187 e. The molecule has 0 unspecified atom stereocenters. The van der Waals surface area contributed by atoms with Gasteiger partial charge in [0.25, 0.3) is 0 Å². The molecular formula is C19H18Cl2O2. The van der Waals surface area contributed by atoms with Gasteiger partial charge in [-0.1, -0.05) is 67.1 Å². The molecule has 0 saturated carbocycles. The van der Waals surface area contributed by atoms with Crippen molar-refractivity contribution in [2.24, 2.45) is 0 Å². The molecule has 2 aromatic rings. The van der Waals surface area contributed by atoms with Crippen LogP contribution in [-0.4, -0.2) is 12.9 Å². The Hall–Kier alpha value is -2.03. The van der Waals surface area contributed by atoms with E-state index in [1.54, 1.807) is 37.5 Å². The van der Waals surface area contributed by atoms with Crippen LogP contribution in [0.15, 0.2) is 60.7 Å². The van der Waals surface area contributed by atoms with Crippen LogP contribution in [0.4, 0.5) is 0 Å². The van der Waals surface area contributed by atoms with E-state index in [0.717, 1.165) is 11.3 Å². The fraction of sp³-hybridized carbons (Fsp3) is 0.105. The van der Waals surface area contributed by atoms with Gasteiger partial charge in [-0.05, 0) is 30.3 Å². The third kappa shape index (κ3) is 5.27. The molecule has 0 heterocycles. The van der Waals surface area contributed by atoms with Gasteiger partial charge in [0.1, 0.15) is 5.75 Å². The van der Waals surface area contributed by atoms with Crippen molar-refractivity contribution in [1.29, 1.82) is 0 Å². The zero-order valence-electron chi connectivity index (χ0n) is 11.9. The van der Waals surface area contributed by atoms with Gasteiger partial charge in [-0.25, -0.2) is 0 Å². The summed E-state index contributed by atoms with van der Waals surface area (Å²) in [7, 11) is 1.62. The van der Waals surface area contributed by atoms with E-state index in [2.05, 4.69) is 0 Å². The molecule has 0 aliphatic rings. The number of carbonyl (C=O) groups is 1. The maximum atomic E-state index is 12.0. The Labute approximate surface area is 147 Å². The van der Waals surface area contributed by atoms with E-state index in [1.165, 1.54) is 6.08 Å². The monoisotopic (exact) mass is 348 g/mol. The van der Waals surface area contributed by atoms with E-state index in [4.69, 9.17) is 27.9 Å². The van der Waals surface area contributed by atoms with Gasteiger partial charge in [-0.15, -0.1) is 0 Å². The summed E-state index contributed by atoms with van der Waals surface area (Å²) >= 11 is 11.8. The van der Waals surface area contributed by atoms with E-state index in [1.807, 2.05) is 30.3 Å². The van der Waals surface area contributed by atoms with E-state index in [0.29, 0.717) is 15.6 Å². The van der Waals surface area contributed by atoms with Crippen molar-refractivity contribution in [1.82, 2.24) is 0 Å². The third-order valence-corrected chi connectivity index (χ3v) is 3.52. The highest BCUT2D eigenvalue weighted by Gasteiger charge is 2.07. The predicted molar refractivity (Wildman–Crippen MR) is 98.7 cm³/mol. The SMILES string of the molecule is C.COc1ccccc1/C=C/C=C/C(=O)c1ccc(Cl)cc1Cl. The number of allylic oxidation sites excluding steroid dienone is 3. The molecular weight excluding hydrogens is 331 g/mol. The van der Waals surface area contributed by atoms with Crippen molar-refractivity contribution in [3.05, 3.63) is 81.9 Å².